The summed E-state index contributed by atoms with van der Waals surface area (Å²) in [5.74, 6) is 0.440. The number of nitrogens with zero attached hydrogens (tertiary/aromatic N) is 1. The van der Waals surface area contributed by atoms with Gasteiger partial charge in [-0.15, -0.1) is 12.4 Å². The molecule has 17 heavy (non-hydrogen) atoms. The fraction of sp³-hybridized carbons (Fsp3) is 1.00. The van der Waals surface area contributed by atoms with Crippen LogP contribution >= 0.6 is 12.4 Å². The van der Waals surface area contributed by atoms with Crippen LogP contribution in [0.5, 0.6) is 0 Å². The molecule has 1 unspecified atom stereocenters. The second-order valence-electron chi connectivity index (χ2n) is 4.72. The Labute approximate surface area is 109 Å². The zero-order valence-corrected chi connectivity index (χ0v) is 11.7. The number of sulfonamides is 1. The summed E-state index contributed by atoms with van der Waals surface area (Å²) in [5.41, 5.74) is 0. The van der Waals surface area contributed by atoms with Crippen molar-refractivity contribution in [3.05, 3.63) is 0 Å². The van der Waals surface area contributed by atoms with Crippen LogP contribution in [0.1, 0.15) is 13.3 Å². The van der Waals surface area contributed by atoms with Gasteiger partial charge in [0, 0.05) is 32.3 Å². The number of rotatable bonds is 3. The molecule has 0 radical (unpaired) electrons. The van der Waals surface area contributed by atoms with E-state index in [1.165, 1.54) is 0 Å². The zero-order chi connectivity index (χ0) is 11.6. The molecule has 1 N–H and O–H groups in total. The average Bonchev–Trinajstić information content (AvgIpc) is 2.70. The van der Waals surface area contributed by atoms with E-state index in [2.05, 4.69) is 5.32 Å². The Morgan fingerprint density at radius 3 is 2.82 bits per heavy atom. The van der Waals surface area contributed by atoms with E-state index in [0.717, 1.165) is 13.0 Å². The predicted octanol–water partition coefficient (Wildman–Crippen LogP) is 0.0682. The molecule has 0 aromatic heterocycles. The highest BCUT2D eigenvalue weighted by molar-refractivity contribution is 7.89. The van der Waals surface area contributed by atoms with Crippen molar-refractivity contribution >= 4 is 22.4 Å². The largest absolute Gasteiger partial charge is 0.381 e. The Kier molecular flexibility index (Phi) is 5.66. The van der Waals surface area contributed by atoms with Crippen LogP contribution in [0.15, 0.2) is 0 Å². The average molecular weight is 285 g/mol. The molecule has 0 aromatic rings. The van der Waals surface area contributed by atoms with Gasteiger partial charge in [-0.3, -0.25) is 0 Å². The number of hydrogen-bond acceptors (Lipinski definition) is 4. The van der Waals surface area contributed by atoms with Crippen LogP contribution in [0.4, 0.5) is 0 Å². The van der Waals surface area contributed by atoms with E-state index in [1.807, 2.05) is 6.92 Å². The first-order chi connectivity index (χ1) is 7.58. The van der Waals surface area contributed by atoms with Crippen LogP contribution in [0.25, 0.3) is 0 Å². The van der Waals surface area contributed by atoms with Gasteiger partial charge >= 0.3 is 0 Å². The molecular weight excluding hydrogens is 264 g/mol. The lowest BCUT2D eigenvalue weighted by Crippen LogP contribution is -2.52. The maximum Gasteiger partial charge on any atom is 0.214 e. The Balaban J connectivity index is 0.00000144. The summed E-state index contributed by atoms with van der Waals surface area (Å²) < 4.78 is 31.1. The second-order valence-corrected chi connectivity index (χ2v) is 6.73. The number of nitrogens with one attached hydrogen (secondary N) is 1. The van der Waals surface area contributed by atoms with Crippen molar-refractivity contribution in [2.75, 3.05) is 38.6 Å². The third-order valence-electron chi connectivity index (χ3n) is 3.20. The fourth-order valence-corrected chi connectivity index (χ4v) is 4.16. The number of halogens is 1. The lowest BCUT2D eigenvalue weighted by atomic mass is 10.2. The van der Waals surface area contributed by atoms with E-state index in [1.54, 1.807) is 4.31 Å². The molecule has 2 aliphatic heterocycles. The molecule has 7 heteroatoms. The zero-order valence-electron chi connectivity index (χ0n) is 10.1. The predicted molar refractivity (Wildman–Crippen MR) is 69.0 cm³/mol. The lowest BCUT2D eigenvalue weighted by molar-refractivity contribution is 0.188. The first kappa shape index (κ1) is 15.2. The summed E-state index contributed by atoms with van der Waals surface area (Å²) in [4.78, 5) is 0. The maximum atomic E-state index is 12.1. The van der Waals surface area contributed by atoms with Crippen molar-refractivity contribution in [1.29, 1.82) is 0 Å². The van der Waals surface area contributed by atoms with E-state index >= 15 is 0 Å². The molecule has 2 aliphatic rings. The van der Waals surface area contributed by atoms with E-state index in [-0.39, 0.29) is 30.1 Å². The SMILES string of the molecule is C[C@H]1CN(S(=O)(=O)CC2CCOC2)CCN1.Cl. The van der Waals surface area contributed by atoms with Crippen molar-refractivity contribution in [2.24, 2.45) is 5.92 Å². The van der Waals surface area contributed by atoms with Crippen LogP contribution in [0.2, 0.25) is 0 Å². The summed E-state index contributed by atoms with van der Waals surface area (Å²) in [5, 5.41) is 3.25. The minimum absolute atomic E-state index is 0. The summed E-state index contributed by atoms with van der Waals surface area (Å²) >= 11 is 0. The molecule has 2 heterocycles. The minimum atomic E-state index is -3.09. The van der Waals surface area contributed by atoms with E-state index in [9.17, 15) is 8.42 Å². The number of hydrogen-bond donors (Lipinski definition) is 1. The molecule has 2 fully saturated rings. The summed E-state index contributed by atoms with van der Waals surface area (Å²) in [6.07, 6.45) is 0.876. The highest BCUT2D eigenvalue weighted by Gasteiger charge is 2.30. The van der Waals surface area contributed by atoms with E-state index < -0.39 is 10.0 Å². The van der Waals surface area contributed by atoms with Crippen molar-refractivity contribution < 1.29 is 13.2 Å². The molecular formula is C10H21ClN2O3S. The molecule has 5 nitrogen and oxygen atoms in total. The molecule has 0 saturated carbocycles. The van der Waals surface area contributed by atoms with Gasteiger partial charge in [0.25, 0.3) is 0 Å². The lowest BCUT2D eigenvalue weighted by Gasteiger charge is -2.31. The van der Waals surface area contributed by atoms with Crippen LogP contribution < -0.4 is 5.32 Å². The quantitative estimate of drug-likeness (QED) is 0.797. The topological polar surface area (TPSA) is 58.6 Å². The van der Waals surface area contributed by atoms with Gasteiger partial charge in [0.2, 0.25) is 10.0 Å². The Hall–Kier alpha value is 0.120. The van der Waals surface area contributed by atoms with Crippen LogP contribution in [-0.2, 0) is 14.8 Å². The summed E-state index contributed by atoms with van der Waals surface area (Å²) in [7, 11) is -3.09. The van der Waals surface area contributed by atoms with Gasteiger partial charge in [-0.1, -0.05) is 0 Å². The molecule has 0 aliphatic carbocycles. The number of piperazine rings is 1. The van der Waals surface area contributed by atoms with Crippen molar-refractivity contribution in [2.45, 2.75) is 19.4 Å². The first-order valence-electron chi connectivity index (χ1n) is 5.87. The maximum absolute atomic E-state index is 12.1. The normalized spacial score (nSPS) is 31.1. The van der Waals surface area contributed by atoms with Gasteiger partial charge in [0.15, 0.2) is 0 Å². The molecule has 0 amide bonds. The Morgan fingerprint density at radius 1 is 1.47 bits per heavy atom. The number of ether oxygens (including phenoxy) is 1. The summed E-state index contributed by atoms with van der Waals surface area (Å²) in [6, 6.07) is 0.253. The van der Waals surface area contributed by atoms with Crippen molar-refractivity contribution in [3.8, 4) is 0 Å². The molecule has 2 atom stereocenters. The highest BCUT2D eigenvalue weighted by Crippen LogP contribution is 2.17. The Morgan fingerprint density at radius 2 is 2.24 bits per heavy atom. The fourth-order valence-electron chi connectivity index (χ4n) is 2.27. The van der Waals surface area contributed by atoms with Gasteiger partial charge < -0.3 is 10.1 Å². The Bertz CT molecular complexity index is 330. The van der Waals surface area contributed by atoms with Gasteiger partial charge in [-0.2, -0.15) is 4.31 Å². The monoisotopic (exact) mass is 284 g/mol. The van der Waals surface area contributed by atoms with E-state index in [4.69, 9.17) is 4.74 Å². The molecule has 2 saturated heterocycles. The molecule has 0 spiro atoms. The molecule has 102 valence electrons. The van der Waals surface area contributed by atoms with E-state index in [0.29, 0.717) is 26.3 Å². The van der Waals surface area contributed by atoms with Crippen LogP contribution in [0, 0.1) is 5.92 Å². The van der Waals surface area contributed by atoms with Crippen LogP contribution in [-0.4, -0.2) is 57.4 Å². The minimum Gasteiger partial charge on any atom is -0.381 e. The first-order valence-corrected chi connectivity index (χ1v) is 7.48. The third kappa shape index (κ3) is 4.06. The molecule has 0 bridgehead atoms. The van der Waals surface area contributed by atoms with Gasteiger partial charge in [-0.25, -0.2) is 8.42 Å². The smallest absolute Gasteiger partial charge is 0.214 e. The van der Waals surface area contributed by atoms with Crippen molar-refractivity contribution in [1.82, 2.24) is 9.62 Å². The molecule has 2 rings (SSSR count). The van der Waals surface area contributed by atoms with Gasteiger partial charge in [0.1, 0.15) is 0 Å². The molecule has 0 aromatic carbocycles. The highest BCUT2D eigenvalue weighted by atomic mass is 35.5. The summed E-state index contributed by atoms with van der Waals surface area (Å²) in [6.45, 7) is 5.26. The van der Waals surface area contributed by atoms with Crippen LogP contribution in [0.3, 0.4) is 0 Å². The second kappa shape index (κ2) is 6.33. The van der Waals surface area contributed by atoms with Gasteiger partial charge in [0.05, 0.1) is 12.4 Å². The standard InChI is InChI=1S/C10H20N2O3S.ClH/c1-9-6-12(4-3-11-9)16(13,14)8-10-2-5-15-7-10;/h9-11H,2-8H2,1H3;1H/t9-,10?;/m0./s1. The third-order valence-corrected chi connectivity index (χ3v) is 5.21. The van der Waals surface area contributed by atoms with Crippen molar-refractivity contribution in [3.63, 3.8) is 0 Å². The van der Waals surface area contributed by atoms with Gasteiger partial charge in [-0.05, 0) is 19.3 Å².